The van der Waals surface area contributed by atoms with Crippen LogP contribution in [0, 0.1) is 0 Å². The van der Waals surface area contributed by atoms with Crippen LogP contribution in [0.3, 0.4) is 0 Å². The van der Waals surface area contributed by atoms with Crippen molar-refractivity contribution in [3.63, 3.8) is 0 Å². The first-order valence-corrected chi connectivity index (χ1v) is 11.4. The molecule has 6 heteroatoms. The Morgan fingerprint density at radius 3 is 2.78 bits per heavy atom. The summed E-state index contributed by atoms with van der Waals surface area (Å²) in [5, 5.41) is 3.30. The number of nitrogens with one attached hydrogen (secondary N) is 1. The number of aromatic nitrogens is 1. The maximum absolute atomic E-state index is 13.5. The largest absolute Gasteiger partial charge is 0.492 e. The zero-order valence-corrected chi connectivity index (χ0v) is 19.0. The van der Waals surface area contributed by atoms with Crippen molar-refractivity contribution in [2.45, 2.75) is 5.92 Å². The van der Waals surface area contributed by atoms with Gasteiger partial charge < -0.3 is 19.5 Å². The number of aromatic amines is 1. The molecule has 164 valence electrons. The monoisotopic (exact) mass is 447 g/mol. The van der Waals surface area contributed by atoms with E-state index in [-0.39, 0.29) is 11.8 Å². The van der Waals surface area contributed by atoms with Gasteiger partial charge in [-0.25, -0.2) is 0 Å². The number of carbonyl (C=O) groups is 1. The summed E-state index contributed by atoms with van der Waals surface area (Å²) >= 11 is 6.33. The SMILES string of the molecule is CN(C)CCOc1ccc2[nH]c(C(=O)N3CC(CCl)c4c3ccc3ccccc43)cc2c1. The minimum Gasteiger partial charge on any atom is -0.492 e. The molecule has 4 aromatic rings. The zero-order chi connectivity index (χ0) is 22.2. The third-order valence-electron chi connectivity index (χ3n) is 6.11. The summed E-state index contributed by atoms with van der Waals surface area (Å²) < 4.78 is 5.84. The van der Waals surface area contributed by atoms with Gasteiger partial charge in [-0.05, 0) is 60.8 Å². The van der Waals surface area contributed by atoms with E-state index in [2.05, 4.69) is 28.1 Å². The van der Waals surface area contributed by atoms with Crippen LogP contribution in [0.2, 0.25) is 0 Å². The highest BCUT2D eigenvalue weighted by Crippen LogP contribution is 2.42. The Morgan fingerprint density at radius 1 is 1.12 bits per heavy atom. The van der Waals surface area contributed by atoms with Gasteiger partial charge in [-0.1, -0.05) is 30.3 Å². The van der Waals surface area contributed by atoms with Crippen molar-refractivity contribution in [1.29, 1.82) is 0 Å². The van der Waals surface area contributed by atoms with Gasteiger partial charge in [0.1, 0.15) is 18.1 Å². The Hall–Kier alpha value is -3.02. The number of anilines is 1. The number of nitrogens with zero attached hydrogens (tertiary/aromatic N) is 2. The van der Waals surface area contributed by atoms with Gasteiger partial charge in [-0.15, -0.1) is 11.6 Å². The molecule has 1 atom stereocenters. The van der Waals surface area contributed by atoms with Crippen molar-refractivity contribution in [3.05, 3.63) is 71.9 Å². The molecule has 1 aliphatic rings. The summed E-state index contributed by atoms with van der Waals surface area (Å²) in [7, 11) is 4.04. The second kappa shape index (κ2) is 8.49. The number of benzene rings is 3. The van der Waals surface area contributed by atoms with E-state index in [0.717, 1.165) is 28.9 Å². The van der Waals surface area contributed by atoms with Gasteiger partial charge in [0.15, 0.2) is 0 Å². The van der Waals surface area contributed by atoms with Crippen LogP contribution in [-0.2, 0) is 0 Å². The Balaban J connectivity index is 1.45. The minimum atomic E-state index is -0.0413. The number of hydrogen-bond acceptors (Lipinski definition) is 3. The summed E-state index contributed by atoms with van der Waals surface area (Å²) in [5.41, 5.74) is 3.60. The van der Waals surface area contributed by atoms with E-state index >= 15 is 0 Å². The molecule has 5 nitrogen and oxygen atoms in total. The van der Waals surface area contributed by atoms with E-state index in [9.17, 15) is 4.79 Å². The molecular formula is C26H26ClN3O2. The van der Waals surface area contributed by atoms with Crippen molar-refractivity contribution in [2.75, 3.05) is 44.6 Å². The molecule has 0 fully saturated rings. The number of hydrogen-bond donors (Lipinski definition) is 1. The molecule has 0 saturated heterocycles. The molecule has 2 heterocycles. The van der Waals surface area contributed by atoms with Crippen molar-refractivity contribution in [3.8, 4) is 5.75 Å². The number of halogens is 1. The van der Waals surface area contributed by atoms with Crippen molar-refractivity contribution >= 4 is 44.9 Å². The molecule has 1 aliphatic heterocycles. The number of amides is 1. The Labute approximate surface area is 192 Å². The van der Waals surface area contributed by atoms with Crippen LogP contribution < -0.4 is 9.64 Å². The second-order valence-corrected chi connectivity index (χ2v) is 8.88. The highest BCUT2D eigenvalue weighted by molar-refractivity contribution is 6.19. The lowest BCUT2D eigenvalue weighted by Gasteiger charge is -2.17. The van der Waals surface area contributed by atoms with Crippen LogP contribution in [0.15, 0.2) is 60.7 Å². The van der Waals surface area contributed by atoms with Gasteiger partial charge in [-0.3, -0.25) is 4.79 Å². The molecule has 1 aromatic heterocycles. The molecule has 5 rings (SSSR count). The maximum Gasteiger partial charge on any atom is 0.274 e. The van der Waals surface area contributed by atoms with Crippen LogP contribution in [0.25, 0.3) is 21.7 Å². The lowest BCUT2D eigenvalue weighted by molar-refractivity contribution is 0.0984. The molecule has 0 aliphatic carbocycles. The Morgan fingerprint density at radius 2 is 1.97 bits per heavy atom. The van der Waals surface area contributed by atoms with E-state index in [4.69, 9.17) is 16.3 Å². The average molecular weight is 448 g/mol. The fourth-order valence-electron chi connectivity index (χ4n) is 4.48. The van der Waals surface area contributed by atoms with Crippen LogP contribution in [-0.4, -0.2) is 55.5 Å². The summed E-state index contributed by atoms with van der Waals surface area (Å²) in [6.07, 6.45) is 0. The van der Waals surface area contributed by atoms with Gasteiger partial charge in [0, 0.05) is 41.5 Å². The summed E-state index contributed by atoms with van der Waals surface area (Å²) in [6.45, 7) is 2.05. The van der Waals surface area contributed by atoms with Crippen LogP contribution >= 0.6 is 11.6 Å². The number of H-pyrrole nitrogens is 1. The fraction of sp³-hybridized carbons (Fsp3) is 0.269. The minimum absolute atomic E-state index is 0.0413. The Kier molecular flexibility index (Phi) is 5.53. The number of carbonyl (C=O) groups excluding carboxylic acids is 1. The topological polar surface area (TPSA) is 48.6 Å². The van der Waals surface area contributed by atoms with Gasteiger partial charge in [0.25, 0.3) is 5.91 Å². The lowest BCUT2D eigenvalue weighted by atomic mass is 9.96. The summed E-state index contributed by atoms with van der Waals surface area (Å²) in [4.78, 5) is 20.7. The van der Waals surface area contributed by atoms with Crippen LogP contribution in [0.1, 0.15) is 22.0 Å². The van der Waals surface area contributed by atoms with Crippen molar-refractivity contribution in [2.24, 2.45) is 0 Å². The molecule has 0 spiro atoms. The smallest absolute Gasteiger partial charge is 0.274 e. The van der Waals surface area contributed by atoms with Crippen molar-refractivity contribution < 1.29 is 9.53 Å². The van der Waals surface area contributed by atoms with Crippen molar-refractivity contribution in [1.82, 2.24) is 9.88 Å². The number of likely N-dealkylation sites (N-methyl/N-ethyl adjacent to an activating group) is 1. The number of alkyl halides is 1. The van der Waals surface area contributed by atoms with E-state index in [1.54, 1.807) is 0 Å². The highest BCUT2D eigenvalue weighted by atomic mass is 35.5. The van der Waals surface area contributed by atoms with Gasteiger partial charge >= 0.3 is 0 Å². The quantitative estimate of drug-likeness (QED) is 0.411. The van der Waals surface area contributed by atoms with Gasteiger partial charge in [0.05, 0.1) is 0 Å². The third kappa shape index (κ3) is 3.72. The highest BCUT2D eigenvalue weighted by Gasteiger charge is 2.34. The Bertz CT molecular complexity index is 1300. The number of fused-ring (bicyclic) bond motifs is 4. The third-order valence-corrected chi connectivity index (χ3v) is 6.48. The molecule has 32 heavy (non-hydrogen) atoms. The molecule has 0 bridgehead atoms. The van der Waals surface area contributed by atoms with E-state index < -0.39 is 0 Å². The zero-order valence-electron chi connectivity index (χ0n) is 18.3. The normalized spacial score (nSPS) is 15.6. The van der Waals surface area contributed by atoms with E-state index in [0.29, 0.717) is 24.7 Å². The van der Waals surface area contributed by atoms with E-state index in [1.807, 2.05) is 61.5 Å². The molecule has 3 aromatic carbocycles. The van der Waals surface area contributed by atoms with Gasteiger partial charge in [-0.2, -0.15) is 0 Å². The molecule has 1 amide bonds. The summed E-state index contributed by atoms with van der Waals surface area (Å²) in [6, 6.07) is 20.2. The average Bonchev–Trinajstić information content (AvgIpc) is 3.39. The first kappa shape index (κ1) is 20.9. The molecule has 0 radical (unpaired) electrons. The molecular weight excluding hydrogens is 422 g/mol. The van der Waals surface area contributed by atoms with Gasteiger partial charge in [0.2, 0.25) is 0 Å². The number of ether oxygens (including phenoxy) is 1. The first-order valence-electron chi connectivity index (χ1n) is 10.8. The fourth-order valence-corrected chi connectivity index (χ4v) is 4.74. The summed E-state index contributed by atoms with van der Waals surface area (Å²) in [5.74, 6) is 1.35. The molecule has 1 unspecified atom stereocenters. The molecule has 1 N–H and O–H groups in total. The number of rotatable bonds is 6. The first-order chi connectivity index (χ1) is 15.5. The predicted octanol–water partition coefficient (Wildman–Crippen LogP) is 5.24. The van der Waals surface area contributed by atoms with Crippen LogP contribution in [0.5, 0.6) is 5.75 Å². The standard InChI is InChI=1S/C26H26ClN3O2/c1-29(2)11-12-32-20-8-9-22-18(13-20)14-23(28-22)26(31)30-16-19(15-27)25-21-6-4-3-5-17(21)7-10-24(25)30/h3-10,13-14,19,28H,11-12,15-16H2,1-2H3. The van der Waals surface area contributed by atoms with Crippen LogP contribution in [0.4, 0.5) is 5.69 Å². The second-order valence-electron chi connectivity index (χ2n) is 8.57. The predicted molar refractivity (Wildman–Crippen MR) is 131 cm³/mol. The lowest BCUT2D eigenvalue weighted by Crippen LogP contribution is -2.30. The van der Waals surface area contributed by atoms with E-state index in [1.165, 1.54) is 16.3 Å². The maximum atomic E-state index is 13.5. The molecule has 0 saturated carbocycles.